The van der Waals surface area contributed by atoms with Crippen LogP contribution in [0.1, 0.15) is 23.6 Å². The first-order valence-corrected chi connectivity index (χ1v) is 6.04. The van der Waals surface area contributed by atoms with Gasteiger partial charge in [0, 0.05) is 0 Å². The number of aryl methyl sites for hydroxylation is 1. The Morgan fingerprint density at radius 2 is 2.06 bits per heavy atom. The Kier molecular flexibility index (Phi) is 3.94. The molecule has 1 aliphatic rings. The summed E-state index contributed by atoms with van der Waals surface area (Å²) in [5, 5.41) is 5.37. The molecule has 1 aliphatic carbocycles. The number of fused-ring (bicyclic) bond motifs is 1. The van der Waals surface area contributed by atoms with Crippen LogP contribution in [0.5, 0.6) is 0 Å². The van der Waals surface area contributed by atoms with E-state index >= 15 is 0 Å². The number of benzene rings is 1. The minimum atomic E-state index is -0.322. The lowest BCUT2D eigenvalue weighted by molar-refractivity contribution is -0.125. The maximum absolute atomic E-state index is 11.7. The Balaban J connectivity index is 1.88. The fourth-order valence-electron chi connectivity index (χ4n) is 2.20. The average molecular weight is 247 g/mol. The van der Waals surface area contributed by atoms with Gasteiger partial charge in [0.15, 0.2) is 0 Å². The third-order valence-corrected chi connectivity index (χ3v) is 3.10. The van der Waals surface area contributed by atoms with Gasteiger partial charge in [-0.15, -0.1) is 0 Å². The monoisotopic (exact) mass is 247 g/mol. The van der Waals surface area contributed by atoms with Gasteiger partial charge < -0.3 is 16.4 Å². The molecule has 0 aliphatic heterocycles. The maximum Gasteiger partial charge on any atom is 0.239 e. The van der Waals surface area contributed by atoms with Crippen LogP contribution in [0.4, 0.5) is 0 Å². The van der Waals surface area contributed by atoms with E-state index in [1.807, 2.05) is 18.2 Å². The average Bonchev–Trinajstić information content (AvgIpc) is 2.79. The fourth-order valence-corrected chi connectivity index (χ4v) is 2.20. The summed E-state index contributed by atoms with van der Waals surface area (Å²) in [5.41, 5.74) is 7.60. The SMILES string of the molecule is NCC(=O)NCC(=O)NC1CCc2ccccc21. The van der Waals surface area contributed by atoms with Crippen LogP contribution in [0.3, 0.4) is 0 Å². The highest BCUT2D eigenvalue weighted by Gasteiger charge is 2.23. The highest BCUT2D eigenvalue weighted by molar-refractivity contribution is 5.85. The summed E-state index contributed by atoms with van der Waals surface area (Å²) in [6, 6.07) is 8.15. The quantitative estimate of drug-likeness (QED) is 0.692. The molecule has 0 saturated heterocycles. The molecule has 1 atom stereocenters. The Labute approximate surface area is 106 Å². The molecule has 0 saturated carbocycles. The maximum atomic E-state index is 11.7. The number of hydrogen-bond acceptors (Lipinski definition) is 3. The van der Waals surface area contributed by atoms with Crippen LogP contribution in [0, 0.1) is 0 Å². The standard InChI is InChI=1S/C13H17N3O2/c14-7-12(17)15-8-13(18)16-11-6-5-9-3-1-2-4-10(9)11/h1-4,11H,5-8,14H2,(H,15,17)(H,16,18). The third kappa shape index (κ3) is 2.87. The topological polar surface area (TPSA) is 84.2 Å². The Bertz CT molecular complexity index is 459. The molecule has 0 heterocycles. The Morgan fingerprint density at radius 1 is 1.28 bits per heavy atom. The molecule has 0 aromatic heterocycles. The first-order valence-electron chi connectivity index (χ1n) is 6.04. The second-order valence-electron chi connectivity index (χ2n) is 4.34. The second kappa shape index (κ2) is 5.64. The van der Waals surface area contributed by atoms with E-state index in [0.717, 1.165) is 12.8 Å². The predicted octanol–water partition coefficient (Wildman–Crippen LogP) is -0.135. The number of carbonyl (C=O) groups excluding carboxylic acids is 2. The number of nitrogens with two attached hydrogens (primary N) is 1. The zero-order chi connectivity index (χ0) is 13.0. The molecule has 1 aromatic carbocycles. The summed E-state index contributed by atoms with van der Waals surface area (Å²) in [6.07, 6.45) is 1.90. The van der Waals surface area contributed by atoms with Crippen molar-refractivity contribution in [1.29, 1.82) is 0 Å². The zero-order valence-electron chi connectivity index (χ0n) is 10.1. The third-order valence-electron chi connectivity index (χ3n) is 3.10. The van der Waals surface area contributed by atoms with E-state index in [2.05, 4.69) is 16.7 Å². The van der Waals surface area contributed by atoms with Gasteiger partial charge in [0.2, 0.25) is 11.8 Å². The molecule has 0 fully saturated rings. The van der Waals surface area contributed by atoms with Crippen molar-refractivity contribution in [2.75, 3.05) is 13.1 Å². The van der Waals surface area contributed by atoms with Crippen LogP contribution >= 0.6 is 0 Å². The predicted molar refractivity (Wildman–Crippen MR) is 67.7 cm³/mol. The van der Waals surface area contributed by atoms with Gasteiger partial charge in [-0.25, -0.2) is 0 Å². The smallest absolute Gasteiger partial charge is 0.239 e. The number of rotatable bonds is 4. The summed E-state index contributed by atoms with van der Waals surface area (Å²) in [7, 11) is 0. The van der Waals surface area contributed by atoms with Gasteiger partial charge in [0.05, 0.1) is 19.1 Å². The molecule has 18 heavy (non-hydrogen) atoms. The molecular weight excluding hydrogens is 230 g/mol. The van der Waals surface area contributed by atoms with Crippen LogP contribution < -0.4 is 16.4 Å². The number of carbonyl (C=O) groups is 2. The van der Waals surface area contributed by atoms with E-state index in [0.29, 0.717) is 0 Å². The van der Waals surface area contributed by atoms with Gasteiger partial charge in [-0.3, -0.25) is 9.59 Å². The van der Waals surface area contributed by atoms with Crippen molar-refractivity contribution in [2.45, 2.75) is 18.9 Å². The molecule has 0 bridgehead atoms. The highest BCUT2D eigenvalue weighted by Crippen LogP contribution is 2.30. The molecule has 1 aromatic rings. The lowest BCUT2D eigenvalue weighted by Crippen LogP contribution is -2.40. The highest BCUT2D eigenvalue weighted by atomic mass is 16.2. The van der Waals surface area contributed by atoms with Crippen molar-refractivity contribution in [3.63, 3.8) is 0 Å². The van der Waals surface area contributed by atoms with E-state index in [1.54, 1.807) is 0 Å². The van der Waals surface area contributed by atoms with E-state index in [-0.39, 0.29) is 30.9 Å². The lowest BCUT2D eigenvalue weighted by Gasteiger charge is -2.14. The minimum absolute atomic E-state index is 0.0191. The normalized spacial score (nSPS) is 17.1. The Hall–Kier alpha value is -1.88. The number of amides is 2. The largest absolute Gasteiger partial charge is 0.348 e. The summed E-state index contributed by atoms with van der Waals surface area (Å²) in [5.74, 6) is -0.504. The molecule has 0 radical (unpaired) electrons. The molecule has 96 valence electrons. The van der Waals surface area contributed by atoms with Crippen molar-refractivity contribution < 1.29 is 9.59 Å². The fraction of sp³-hybridized carbons (Fsp3) is 0.385. The van der Waals surface area contributed by atoms with Crippen LogP contribution in [-0.2, 0) is 16.0 Å². The molecule has 5 nitrogen and oxygen atoms in total. The van der Waals surface area contributed by atoms with Crippen molar-refractivity contribution in [3.05, 3.63) is 35.4 Å². The van der Waals surface area contributed by atoms with Gasteiger partial charge in [0.25, 0.3) is 0 Å². The zero-order valence-corrected chi connectivity index (χ0v) is 10.1. The number of hydrogen-bond donors (Lipinski definition) is 3. The van der Waals surface area contributed by atoms with Gasteiger partial charge in [-0.2, -0.15) is 0 Å². The lowest BCUT2D eigenvalue weighted by atomic mass is 10.1. The van der Waals surface area contributed by atoms with Crippen molar-refractivity contribution in [1.82, 2.24) is 10.6 Å². The van der Waals surface area contributed by atoms with Crippen LogP contribution in [0.25, 0.3) is 0 Å². The summed E-state index contributed by atoms with van der Waals surface area (Å²) < 4.78 is 0. The molecule has 2 rings (SSSR count). The van der Waals surface area contributed by atoms with E-state index in [1.165, 1.54) is 11.1 Å². The molecule has 5 heteroatoms. The second-order valence-corrected chi connectivity index (χ2v) is 4.34. The number of nitrogens with one attached hydrogen (secondary N) is 2. The molecule has 1 unspecified atom stereocenters. The van der Waals surface area contributed by atoms with Gasteiger partial charge in [0.1, 0.15) is 0 Å². The van der Waals surface area contributed by atoms with E-state index in [4.69, 9.17) is 5.73 Å². The Morgan fingerprint density at radius 3 is 2.83 bits per heavy atom. The molecular formula is C13H17N3O2. The molecule has 2 amide bonds. The van der Waals surface area contributed by atoms with Crippen LogP contribution in [0.15, 0.2) is 24.3 Å². The van der Waals surface area contributed by atoms with Gasteiger partial charge >= 0.3 is 0 Å². The first-order chi connectivity index (χ1) is 8.70. The van der Waals surface area contributed by atoms with Crippen LogP contribution in [-0.4, -0.2) is 24.9 Å². The summed E-state index contributed by atoms with van der Waals surface area (Å²) in [6.45, 7) is -0.117. The summed E-state index contributed by atoms with van der Waals surface area (Å²) in [4.78, 5) is 22.6. The van der Waals surface area contributed by atoms with Gasteiger partial charge in [-0.1, -0.05) is 24.3 Å². The first kappa shape index (κ1) is 12.6. The molecule has 0 spiro atoms. The van der Waals surface area contributed by atoms with Crippen molar-refractivity contribution >= 4 is 11.8 Å². The van der Waals surface area contributed by atoms with Crippen molar-refractivity contribution in [3.8, 4) is 0 Å². The summed E-state index contributed by atoms with van der Waals surface area (Å²) >= 11 is 0. The van der Waals surface area contributed by atoms with E-state index in [9.17, 15) is 9.59 Å². The minimum Gasteiger partial charge on any atom is -0.348 e. The van der Waals surface area contributed by atoms with Crippen LogP contribution in [0.2, 0.25) is 0 Å². The van der Waals surface area contributed by atoms with Gasteiger partial charge in [-0.05, 0) is 24.0 Å². The molecule has 4 N–H and O–H groups in total. The van der Waals surface area contributed by atoms with Crippen molar-refractivity contribution in [2.24, 2.45) is 5.73 Å². The van der Waals surface area contributed by atoms with E-state index < -0.39 is 0 Å².